The molecule has 1 aliphatic heterocycles. The van der Waals surface area contributed by atoms with Crippen LogP contribution in [-0.4, -0.2) is 37.7 Å². The van der Waals surface area contributed by atoms with Crippen LogP contribution in [0.15, 0.2) is 60.0 Å². The summed E-state index contributed by atoms with van der Waals surface area (Å²) in [7, 11) is 0. The minimum Gasteiger partial charge on any atom is -0.481 e. The van der Waals surface area contributed by atoms with E-state index in [0.717, 1.165) is 27.9 Å². The molecule has 3 aromatic rings. The predicted molar refractivity (Wildman–Crippen MR) is 100 cm³/mol. The van der Waals surface area contributed by atoms with Crippen LogP contribution < -0.4 is 0 Å². The summed E-state index contributed by atoms with van der Waals surface area (Å²) >= 11 is 0. The maximum atomic E-state index is 12.6. The summed E-state index contributed by atoms with van der Waals surface area (Å²) in [4.78, 5) is 31.1. The van der Waals surface area contributed by atoms with Gasteiger partial charge in [-0.3, -0.25) is 14.6 Å². The van der Waals surface area contributed by atoms with E-state index in [1.54, 1.807) is 12.4 Å². The van der Waals surface area contributed by atoms with Gasteiger partial charge in [0.15, 0.2) is 0 Å². The van der Waals surface area contributed by atoms with Crippen LogP contribution in [0.4, 0.5) is 0 Å². The number of para-hydroxylation sites is 1. The van der Waals surface area contributed by atoms with Gasteiger partial charge in [-0.2, -0.15) is 5.10 Å². The lowest BCUT2D eigenvalue weighted by Gasteiger charge is -2.22. The third-order valence-electron chi connectivity index (χ3n) is 4.62. The highest BCUT2D eigenvalue weighted by Crippen LogP contribution is 2.33. The molecule has 0 fully saturated rings. The average Bonchev–Trinajstić information content (AvgIpc) is 3.35. The first-order valence-electron chi connectivity index (χ1n) is 8.71. The number of fused-ring (bicyclic) bond motifs is 1. The molecule has 27 heavy (non-hydrogen) atoms. The molecule has 136 valence electrons. The Kier molecular flexibility index (Phi) is 4.42. The van der Waals surface area contributed by atoms with E-state index >= 15 is 0 Å². The van der Waals surface area contributed by atoms with Gasteiger partial charge in [0.2, 0.25) is 5.91 Å². The van der Waals surface area contributed by atoms with Gasteiger partial charge in [-0.05, 0) is 29.8 Å². The number of hydrazone groups is 1. The first-order chi connectivity index (χ1) is 13.1. The molecule has 0 radical (unpaired) electrons. The maximum Gasteiger partial charge on any atom is 0.303 e. The number of carboxylic acids is 1. The van der Waals surface area contributed by atoms with E-state index in [9.17, 15) is 9.59 Å². The van der Waals surface area contributed by atoms with Crippen LogP contribution in [-0.2, 0) is 9.59 Å². The quantitative estimate of drug-likeness (QED) is 0.728. The van der Waals surface area contributed by atoms with Crippen molar-refractivity contribution in [3.63, 3.8) is 0 Å². The summed E-state index contributed by atoms with van der Waals surface area (Å²) in [6.45, 7) is 0. The van der Waals surface area contributed by atoms with Gasteiger partial charge in [0.25, 0.3) is 0 Å². The molecule has 0 saturated carbocycles. The predicted octanol–water partition coefficient (Wildman–Crippen LogP) is 3.11. The van der Waals surface area contributed by atoms with Crippen LogP contribution in [0.1, 0.15) is 36.6 Å². The molecule has 1 amide bonds. The van der Waals surface area contributed by atoms with Crippen LogP contribution >= 0.6 is 0 Å². The molecule has 1 atom stereocenters. The smallest absolute Gasteiger partial charge is 0.303 e. The number of nitrogens with zero attached hydrogens (tertiary/aromatic N) is 3. The van der Waals surface area contributed by atoms with Gasteiger partial charge in [-0.1, -0.05) is 18.2 Å². The number of H-pyrrole nitrogens is 1. The normalized spacial score (nSPS) is 16.5. The van der Waals surface area contributed by atoms with Crippen LogP contribution in [0, 0.1) is 0 Å². The van der Waals surface area contributed by atoms with Gasteiger partial charge in [-0.25, -0.2) is 5.01 Å². The zero-order valence-corrected chi connectivity index (χ0v) is 14.5. The highest BCUT2D eigenvalue weighted by Gasteiger charge is 2.33. The Morgan fingerprint density at radius 2 is 2.04 bits per heavy atom. The van der Waals surface area contributed by atoms with Gasteiger partial charge in [0.05, 0.1) is 29.4 Å². The number of pyridine rings is 1. The van der Waals surface area contributed by atoms with Gasteiger partial charge in [-0.15, -0.1) is 0 Å². The first kappa shape index (κ1) is 17.0. The van der Waals surface area contributed by atoms with E-state index in [0.29, 0.717) is 6.42 Å². The molecular formula is C20H18N4O3. The Labute approximate surface area is 155 Å². The lowest BCUT2D eigenvalue weighted by atomic mass is 10.0. The Bertz CT molecular complexity index is 1030. The topological polar surface area (TPSA) is 98.6 Å². The number of carbonyl (C=O) groups excluding carboxylic acids is 1. The fraction of sp³-hybridized carbons (Fsp3) is 0.200. The van der Waals surface area contributed by atoms with Crippen molar-refractivity contribution in [1.29, 1.82) is 0 Å². The second kappa shape index (κ2) is 7.03. The molecule has 7 nitrogen and oxygen atoms in total. The molecule has 7 heteroatoms. The Balaban J connectivity index is 1.67. The number of benzene rings is 1. The molecule has 1 unspecified atom stereocenters. The average molecular weight is 362 g/mol. The van der Waals surface area contributed by atoms with Crippen molar-refractivity contribution >= 4 is 28.5 Å². The van der Waals surface area contributed by atoms with Crippen molar-refractivity contribution in [1.82, 2.24) is 15.0 Å². The van der Waals surface area contributed by atoms with E-state index in [1.165, 1.54) is 5.01 Å². The molecule has 0 bridgehead atoms. The monoisotopic (exact) mass is 362 g/mol. The highest BCUT2D eigenvalue weighted by molar-refractivity contribution is 6.02. The number of aliphatic carboxylic acids is 1. The minimum absolute atomic E-state index is 0.0889. The second-order valence-corrected chi connectivity index (χ2v) is 6.44. The summed E-state index contributed by atoms with van der Waals surface area (Å²) in [5, 5.41) is 15.8. The summed E-state index contributed by atoms with van der Waals surface area (Å²) in [6, 6.07) is 13.3. The van der Waals surface area contributed by atoms with Crippen molar-refractivity contribution in [3.8, 4) is 0 Å². The standard InChI is InChI=1S/C20H18N4O3/c25-19(7-8-20(26)27)24-18(11-17(23-24)16-6-3-9-21-16)14-10-13-4-1-2-5-15(13)22-12-14/h1-6,9-10,12,18,21H,7-8,11H2,(H,26,27). The van der Waals surface area contributed by atoms with Gasteiger partial charge in [0, 0.05) is 30.6 Å². The molecule has 0 spiro atoms. The SMILES string of the molecule is O=C(O)CCC(=O)N1N=C(c2ccc[nH]2)CC1c1cnc2ccccc2c1. The second-order valence-electron chi connectivity index (χ2n) is 6.44. The molecule has 2 aromatic heterocycles. The van der Waals surface area contributed by atoms with E-state index in [4.69, 9.17) is 5.11 Å². The number of aromatic nitrogens is 2. The number of carbonyl (C=O) groups is 2. The molecule has 2 N–H and O–H groups in total. The molecule has 1 aliphatic rings. The number of amides is 1. The van der Waals surface area contributed by atoms with Gasteiger partial charge >= 0.3 is 5.97 Å². The van der Waals surface area contributed by atoms with E-state index in [2.05, 4.69) is 15.1 Å². The lowest BCUT2D eigenvalue weighted by Crippen LogP contribution is -2.27. The molecule has 3 heterocycles. The van der Waals surface area contributed by atoms with Crippen LogP contribution in [0.5, 0.6) is 0 Å². The van der Waals surface area contributed by atoms with Gasteiger partial charge < -0.3 is 10.1 Å². The minimum atomic E-state index is -1.000. The summed E-state index contributed by atoms with van der Waals surface area (Å²) in [6.07, 6.45) is 3.80. The van der Waals surface area contributed by atoms with Crippen LogP contribution in [0.2, 0.25) is 0 Å². The first-order valence-corrected chi connectivity index (χ1v) is 8.71. The summed E-state index contributed by atoms with van der Waals surface area (Å²) < 4.78 is 0. The van der Waals surface area contributed by atoms with Crippen molar-refractivity contribution in [2.24, 2.45) is 5.10 Å². The molecule has 1 aromatic carbocycles. The lowest BCUT2D eigenvalue weighted by molar-refractivity contribution is -0.141. The van der Waals surface area contributed by atoms with Crippen LogP contribution in [0.3, 0.4) is 0 Å². The zero-order valence-electron chi connectivity index (χ0n) is 14.5. The number of aromatic amines is 1. The van der Waals surface area contributed by atoms with E-state index in [-0.39, 0.29) is 24.8 Å². The number of hydrogen-bond acceptors (Lipinski definition) is 4. The summed E-state index contributed by atoms with van der Waals surface area (Å²) in [5.74, 6) is -1.31. The molecule has 0 saturated heterocycles. The van der Waals surface area contributed by atoms with E-state index in [1.807, 2.05) is 42.5 Å². The Morgan fingerprint density at radius 1 is 1.19 bits per heavy atom. The van der Waals surface area contributed by atoms with Crippen LogP contribution in [0.25, 0.3) is 10.9 Å². The number of rotatable bonds is 5. The highest BCUT2D eigenvalue weighted by atomic mass is 16.4. The summed E-state index contributed by atoms with van der Waals surface area (Å²) in [5.41, 5.74) is 3.38. The molecule has 0 aliphatic carbocycles. The van der Waals surface area contributed by atoms with Crippen molar-refractivity contribution in [3.05, 3.63) is 66.1 Å². The number of carboxylic acid groups (broad SMARTS) is 1. The van der Waals surface area contributed by atoms with Crippen molar-refractivity contribution in [2.45, 2.75) is 25.3 Å². The Hall–Kier alpha value is -3.48. The van der Waals surface area contributed by atoms with Crippen molar-refractivity contribution in [2.75, 3.05) is 0 Å². The number of nitrogens with one attached hydrogen (secondary N) is 1. The fourth-order valence-electron chi connectivity index (χ4n) is 3.27. The molecular weight excluding hydrogens is 344 g/mol. The largest absolute Gasteiger partial charge is 0.481 e. The molecule has 4 rings (SSSR count). The number of hydrogen-bond donors (Lipinski definition) is 2. The van der Waals surface area contributed by atoms with E-state index < -0.39 is 5.97 Å². The third-order valence-corrected chi connectivity index (χ3v) is 4.62. The zero-order chi connectivity index (χ0) is 18.8. The fourth-order valence-corrected chi connectivity index (χ4v) is 3.27. The van der Waals surface area contributed by atoms with Crippen molar-refractivity contribution < 1.29 is 14.7 Å². The Morgan fingerprint density at radius 3 is 2.81 bits per heavy atom. The third kappa shape index (κ3) is 3.44. The van der Waals surface area contributed by atoms with Gasteiger partial charge in [0.1, 0.15) is 0 Å². The maximum absolute atomic E-state index is 12.6.